The molecule has 0 aromatic heterocycles. The maximum absolute atomic E-state index is 11.2. The maximum atomic E-state index is 11.2. The lowest BCUT2D eigenvalue weighted by Gasteiger charge is -1.98. The number of carbonyl (C=O) groups is 1. The minimum absolute atomic E-state index is 0.0243. The van der Waals surface area contributed by atoms with Crippen LogP contribution >= 0.6 is 22.6 Å². The summed E-state index contributed by atoms with van der Waals surface area (Å²) in [5, 5.41) is 3.91. The first-order valence-electron chi connectivity index (χ1n) is 5.30. The van der Waals surface area contributed by atoms with Crippen LogP contribution in [0.1, 0.15) is 31.7 Å². The van der Waals surface area contributed by atoms with Crippen LogP contribution in [0.5, 0.6) is 0 Å². The molecule has 3 nitrogen and oxygen atoms in total. The molecule has 4 heteroatoms. The highest BCUT2D eigenvalue weighted by atomic mass is 127. The van der Waals surface area contributed by atoms with Gasteiger partial charge in [-0.25, -0.2) is 5.43 Å². The third-order valence-corrected chi connectivity index (χ3v) is 2.68. The van der Waals surface area contributed by atoms with Crippen molar-refractivity contribution in [2.45, 2.75) is 26.2 Å². The Morgan fingerprint density at radius 1 is 1.56 bits per heavy atom. The predicted molar refractivity (Wildman–Crippen MR) is 74.4 cm³/mol. The molecule has 0 atom stereocenters. The van der Waals surface area contributed by atoms with E-state index in [0.717, 1.165) is 22.0 Å². The number of hydrogen-bond acceptors (Lipinski definition) is 2. The lowest BCUT2D eigenvalue weighted by atomic mass is 10.2. The van der Waals surface area contributed by atoms with Crippen molar-refractivity contribution in [3.05, 3.63) is 33.4 Å². The van der Waals surface area contributed by atoms with Gasteiger partial charge in [0, 0.05) is 9.99 Å². The zero-order valence-corrected chi connectivity index (χ0v) is 11.4. The number of halogens is 1. The summed E-state index contributed by atoms with van der Waals surface area (Å²) in [6.45, 7) is 2.06. The Balaban J connectivity index is 2.40. The molecule has 0 fully saturated rings. The number of hydrogen-bond donors (Lipinski definition) is 1. The van der Waals surface area contributed by atoms with E-state index in [1.807, 2.05) is 24.3 Å². The second kappa shape index (κ2) is 7.38. The first kappa shape index (κ1) is 13.2. The van der Waals surface area contributed by atoms with Gasteiger partial charge in [-0.05, 0) is 46.7 Å². The van der Waals surface area contributed by atoms with Crippen molar-refractivity contribution < 1.29 is 4.79 Å². The van der Waals surface area contributed by atoms with Gasteiger partial charge in [-0.15, -0.1) is 0 Å². The van der Waals surface area contributed by atoms with Gasteiger partial charge >= 0.3 is 0 Å². The third-order valence-electron chi connectivity index (χ3n) is 2.01. The van der Waals surface area contributed by atoms with E-state index in [0.29, 0.717) is 6.42 Å². The summed E-state index contributed by atoms with van der Waals surface area (Å²) in [7, 11) is 0. The van der Waals surface area contributed by atoms with Crippen molar-refractivity contribution in [3.63, 3.8) is 0 Å². The largest absolute Gasteiger partial charge is 0.273 e. The topological polar surface area (TPSA) is 41.5 Å². The van der Waals surface area contributed by atoms with E-state index < -0.39 is 0 Å². The van der Waals surface area contributed by atoms with Crippen molar-refractivity contribution in [1.29, 1.82) is 0 Å². The summed E-state index contributed by atoms with van der Waals surface area (Å²) < 4.78 is 1.15. The number of nitrogens with one attached hydrogen (secondary N) is 1. The van der Waals surface area contributed by atoms with Crippen molar-refractivity contribution >= 4 is 34.7 Å². The molecule has 1 N–H and O–H groups in total. The van der Waals surface area contributed by atoms with Crippen LogP contribution < -0.4 is 5.43 Å². The van der Waals surface area contributed by atoms with E-state index in [1.54, 1.807) is 6.21 Å². The normalized spacial score (nSPS) is 10.6. The lowest BCUT2D eigenvalue weighted by Crippen LogP contribution is -2.16. The van der Waals surface area contributed by atoms with Gasteiger partial charge in [0.25, 0.3) is 0 Å². The first-order chi connectivity index (χ1) is 7.72. The molecule has 0 bridgehead atoms. The van der Waals surface area contributed by atoms with Crippen molar-refractivity contribution in [2.75, 3.05) is 0 Å². The molecular formula is C12H15IN2O. The minimum atomic E-state index is -0.0243. The molecule has 0 unspecified atom stereocenters. The molecule has 0 saturated carbocycles. The van der Waals surface area contributed by atoms with Gasteiger partial charge < -0.3 is 0 Å². The van der Waals surface area contributed by atoms with E-state index >= 15 is 0 Å². The molecule has 1 rings (SSSR count). The average Bonchev–Trinajstić information content (AvgIpc) is 2.26. The van der Waals surface area contributed by atoms with Crippen LogP contribution in [0, 0.1) is 3.57 Å². The Hall–Kier alpha value is -0.910. The monoisotopic (exact) mass is 330 g/mol. The Bertz CT molecular complexity index is 377. The molecule has 0 aliphatic carbocycles. The van der Waals surface area contributed by atoms with Crippen LogP contribution in [0.25, 0.3) is 0 Å². The van der Waals surface area contributed by atoms with Gasteiger partial charge in [0.05, 0.1) is 6.21 Å². The summed E-state index contributed by atoms with van der Waals surface area (Å²) in [5.74, 6) is -0.0243. The first-order valence-corrected chi connectivity index (χ1v) is 6.37. The molecule has 0 aliphatic heterocycles. The summed E-state index contributed by atoms with van der Waals surface area (Å²) in [4.78, 5) is 11.2. The zero-order valence-electron chi connectivity index (χ0n) is 9.24. The maximum Gasteiger partial charge on any atom is 0.240 e. The third kappa shape index (κ3) is 5.25. The number of hydrazone groups is 1. The number of carbonyl (C=O) groups excluding carboxylic acids is 1. The van der Waals surface area contributed by atoms with E-state index in [1.165, 1.54) is 0 Å². The zero-order chi connectivity index (χ0) is 11.8. The van der Waals surface area contributed by atoms with Gasteiger partial charge in [0.15, 0.2) is 0 Å². The Labute approximate surface area is 109 Å². The van der Waals surface area contributed by atoms with Crippen molar-refractivity contribution in [3.8, 4) is 0 Å². The SMILES string of the molecule is CCCCC(=O)NN=Cc1cccc(I)c1. The van der Waals surface area contributed by atoms with E-state index in [4.69, 9.17) is 0 Å². The van der Waals surface area contributed by atoms with Gasteiger partial charge in [-0.3, -0.25) is 4.79 Å². The molecule has 0 saturated heterocycles. The molecule has 1 amide bonds. The van der Waals surface area contributed by atoms with E-state index in [2.05, 4.69) is 40.0 Å². The number of unbranched alkanes of at least 4 members (excludes halogenated alkanes) is 1. The number of rotatable bonds is 5. The van der Waals surface area contributed by atoms with Crippen LogP contribution in [-0.2, 0) is 4.79 Å². The highest BCUT2D eigenvalue weighted by molar-refractivity contribution is 14.1. The van der Waals surface area contributed by atoms with Crippen LogP contribution in [0.15, 0.2) is 29.4 Å². The Morgan fingerprint density at radius 2 is 2.38 bits per heavy atom. The van der Waals surface area contributed by atoms with Crippen LogP contribution in [0.2, 0.25) is 0 Å². The molecule has 16 heavy (non-hydrogen) atoms. The van der Waals surface area contributed by atoms with Crippen molar-refractivity contribution in [1.82, 2.24) is 5.43 Å². The van der Waals surface area contributed by atoms with Crippen LogP contribution in [0.4, 0.5) is 0 Å². The molecule has 86 valence electrons. The predicted octanol–water partition coefficient (Wildman–Crippen LogP) is 2.93. The number of amides is 1. The average molecular weight is 330 g/mol. The Morgan fingerprint density at radius 3 is 3.06 bits per heavy atom. The van der Waals surface area contributed by atoms with Gasteiger partial charge in [-0.1, -0.05) is 25.5 Å². The highest BCUT2D eigenvalue weighted by Gasteiger charge is 1.96. The summed E-state index contributed by atoms with van der Waals surface area (Å²) in [6, 6.07) is 7.92. The standard InChI is InChI=1S/C12H15IN2O/c1-2-3-7-12(16)15-14-9-10-5-4-6-11(13)8-10/h4-6,8-9H,2-3,7H2,1H3,(H,15,16). The molecule has 1 aromatic rings. The summed E-state index contributed by atoms with van der Waals surface area (Å²) in [5.41, 5.74) is 3.50. The molecule has 0 aliphatic rings. The second-order valence-corrected chi connectivity index (χ2v) is 4.70. The molecule has 1 aromatic carbocycles. The van der Waals surface area contributed by atoms with Crippen LogP contribution in [-0.4, -0.2) is 12.1 Å². The fourth-order valence-corrected chi connectivity index (χ4v) is 1.73. The number of benzene rings is 1. The molecule has 0 heterocycles. The lowest BCUT2D eigenvalue weighted by molar-refractivity contribution is -0.121. The van der Waals surface area contributed by atoms with E-state index in [9.17, 15) is 4.79 Å². The highest BCUT2D eigenvalue weighted by Crippen LogP contribution is 2.05. The molecule has 0 spiro atoms. The fourth-order valence-electron chi connectivity index (χ4n) is 1.16. The van der Waals surface area contributed by atoms with Crippen molar-refractivity contribution in [2.24, 2.45) is 5.10 Å². The molecule has 0 radical (unpaired) electrons. The summed E-state index contributed by atoms with van der Waals surface area (Å²) >= 11 is 2.24. The Kier molecular flexibility index (Phi) is 6.07. The molecular weight excluding hydrogens is 315 g/mol. The fraction of sp³-hybridized carbons (Fsp3) is 0.333. The quantitative estimate of drug-likeness (QED) is 0.503. The van der Waals surface area contributed by atoms with E-state index in [-0.39, 0.29) is 5.91 Å². The number of nitrogens with zero attached hydrogens (tertiary/aromatic N) is 1. The van der Waals surface area contributed by atoms with Gasteiger partial charge in [-0.2, -0.15) is 5.10 Å². The van der Waals surface area contributed by atoms with Gasteiger partial charge in [0.2, 0.25) is 5.91 Å². The minimum Gasteiger partial charge on any atom is -0.273 e. The second-order valence-electron chi connectivity index (χ2n) is 3.45. The van der Waals surface area contributed by atoms with Crippen LogP contribution in [0.3, 0.4) is 0 Å². The van der Waals surface area contributed by atoms with Gasteiger partial charge in [0.1, 0.15) is 0 Å². The summed E-state index contributed by atoms with van der Waals surface area (Å²) in [6.07, 6.45) is 4.13. The smallest absolute Gasteiger partial charge is 0.240 e.